The molecule has 2 amide bonds. The van der Waals surface area contributed by atoms with Gasteiger partial charge in [0.15, 0.2) is 5.69 Å². The number of rotatable bonds is 6. The first-order valence-electron chi connectivity index (χ1n) is 9.17. The van der Waals surface area contributed by atoms with Gasteiger partial charge in [-0.05, 0) is 56.7 Å². The van der Waals surface area contributed by atoms with E-state index in [0.29, 0.717) is 22.7 Å². The van der Waals surface area contributed by atoms with Gasteiger partial charge in [-0.1, -0.05) is 22.9 Å². The molecule has 1 heterocycles. The molecule has 0 saturated heterocycles. The van der Waals surface area contributed by atoms with E-state index in [2.05, 4.69) is 15.8 Å². The molecule has 2 N–H and O–H groups in total. The summed E-state index contributed by atoms with van der Waals surface area (Å²) in [6, 6.07) is 12.7. The van der Waals surface area contributed by atoms with Crippen LogP contribution in [0, 0.1) is 20.8 Å². The van der Waals surface area contributed by atoms with Crippen molar-refractivity contribution in [2.75, 3.05) is 10.6 Å². The molecule has 0 spiro atoms. The maximum Gasteiger partial charge on any atom is 0.278 e. The molecule has 0 aliphatic rings. The van der Waals surface area contributed by atoms with Crippen LogP contribution < -0.4 is 15.4 Å². The van der Waals surface area contributed by atoms with E-state index < -0.39 is 5.91 Å². The highest BCUT2D eigenvalue weighted by molar-refractivity contribution is 6.04. The fourth-order valence-corrected chi connectivity index (χ4v) is 2.88. The summed E-state index contributed by atoms with van der Waals surface area (Å²) in [4.78, 5) is 23.8. The number of hydrogen-bond donors (Lipinski definition) is 2. The first-order valence-corrected chi connectivity index (χ1v) is 9.17. The Morgan fingerprint density at radius 1 is 1.00 bits per heavy atom. The second kappa shape index (κ2) is 8.60. The van der Waals surface area contributed by atoms with Crippen molar-refractivity contribution in [1.29, 1.82) is 0 Å². The topological polar surface area (TPSA) is 93.5 Å². The molecule has 0 aliphatic carbocycles. The Hall–Kier alpha value is -3.61. The first-order chi connectivity index (χ1) is 13.8. The number of amides is 2. The SMILES string of the molecule is CC(=O)Nc1ccc(NC(=O)c2noc(C)c2COc2ccc(C)cc2C)cc1. The normalized spacial score (nSPS) is 10.5. The van der Waals surface area contributed by atoms with Gasteiger partial charge >= 0.3 is 0 Å². The van der Waals surface area contributed by atoms with Gasteiger partial charge in [0, 0.05) is 18.3 Å². The zero-order valence-electron chi connectivity index (χ0n) is 16.8. The first kappa shape index (κ1) is 20.1. The lowest BCUT2D eigenvalue weighted by Gasteiger charge is -2.10. The molecule has 0 bridgehead atoms. The molecule has 0 unspecified atom stereocenters. The van der Waals surface area contributed by atoms with Gasteiger partial charge in [0.25, 0.3) is 5.91 Å². The third-order valence-electron chi connectivity index (χ3n) is 4.37. The number of nitrogens with one attached hydrogen (secondary N) is 2. The van der Waals surface area contributed by atoms with Crippen molar-refractivity contribution >= 4 is 23.2 Å². The Labute approximate surface area is 169 Å². The second-order valence-electron chi connectivity index (χ2n) is 6.84. The summed E-state index contributed by atoms with van der Waals surface area (Å²) in [7, 11) is 0. The molecule has 150 valence electrons. The van der Waals surface area contributed by atoms with Crippen LogP contribution in [0.3, 0.4) is 0 Å². The van der Waals surface area contributed by atoms with Crippen molar-refractivity contribution in [3.63, 3.8) is 0 Å². The Kier molecular flexibility index (Phi) is 5.97. The van der Waals surface area contributed by atoms with Crippen LogP contribution in [0.5, 0.6) is 5.75 Å². The molecular formula is C22H23N3O4. The summed E-state index contributed by atoms with van der Waals surface area (Å²) in [6.45, 7) is 7.34. The highest BCUT2D eigenvalue weighted by atomic mass is 16.5. The predicted molar refractivity (Wildman–Crippen MR) is 110 cm³/mol. The Morgan fingerprint density at radius 3 is 2.28 bits per heavy atom. The minimum absolute atomic E-state index is 0.159. The Bertz CT molecular complexity index is 1040. The van der Waals surface area contributed by atoms with Crippen LogP contribution in [-0.4, -0.2) is 17.0 Å². The zero-order chi connectivity index (χ0) is 21.0. The van der Waals surface area contributed by atoms with Crippen molar-refractivity contribution in [1.82, 2.24) is 5.16 Å². The van der Waals surface area contributed by atoms with E-state index in [-0.39, 0.29) is 18.2 Å². The average Bonchev–Trinajstić information content (AvgIpc) is 3.03. The van der Waals surface area contributed by atoms with Gasteiger partial charge in [-0.25, -0.2) is 0 Å². The molecule has 29 heavy (non-hydrogen) atoms. The van der Waals surface area contributed by atoms with Gasteiger partial charge in [-0.15, -0.1) is 0 Å². The van der Waals surface area contributed by atoms with Crippen molar-refractivity contribution in [2.24, 2.45) is 0 Å². The van der Waals surface area contributed by atoms with Crippen LogP contribution in [-0.2, 0) is 11.4 Å². The van der Waals surface area contributed by atoms with Crippen LogP contribution in [0.2, 0.25) is 0 Å². The molecule has 3 aromatic rings. The average molecular weight is 393 g/mol. The molecule has 3 rings (SSSR count). The molecule has 1 aromatic heterocycles. The largest absolute Gasteiger partial charge is 0.488 e. The lowest BCUT2D eigenvalue weighted by atomic mass is 10.1. The number of aryl methyl sites for hydroxylation is 3. The lowest BCUT2D eigenvalue weighted by molar-refractivity contribution is -0.114. The minimum atomic E-state index is -0.395. The van der Waals surface area contributed by atoms with E-state index in [0.717, 1.165) is 16.9 Å². The summed E-state index contributed by atoms with van der Waals surface area (Å²) in [5.41, 5.74) is 4.17. The predicted octanol–water partition coefficient (Wildman–Crippen LogP) is 4.39. The van der Waals surface area contributed by atoms with Crippen molar-refractivity contribution in [2.45, 2.75) is 34.3 Å². The zero-order valence-corrected chi connectivity index (χ0v) is 16.8. The summed E-state index contributed by atoms with van der Waals surface area (Å²) < 4.78 is 11.1. The lowest BCUT2D eigenvalue weighted by Crippen LogP contribution is -2.15. The Balaban J connectivity index is 1.71. The molecule has 7 nitrogen and oxygen atoms in total. The molecular weight excluding hydrogens is 370 g/mol. The molecule has 0 saturated carbocycles. The monoisotopic (exact) mass is 393 g/mol. The van der Waals surface area contributed by atoms with Gasteiger partial charge < -0.3 is 19.9 Å². The maximum absolute atomic E-state index is 12.7. The second-order valence-corrected chi connectivity index (χ2v) is 6.84. The van der Waals surface area contributed by atoms with Crippen LogP contribution in [0.15, 0.2) is 47.0 Å². The number of carbonyl (C=O) groups excluding carboxylic acids is 2. The highest BCUT2D eigenvalue weighted by Gasteiger charge is 2.21. The molecule has 0 atom stereocenters. The summed E-state index contributed by atoms with van der Waals surface area (Å²) in [5, 5.41) is 9.35. The van der Waals surface area contributed by atoms with Gasteiger partial charge in [0.05, 0.1) is 5.56 Å². The third-order valence-corrected chi connectivity index (χ3v) is 4.37. The smallest absolute Gasteiger partial charge is 0.278 e. The van der Waals surface area contributed by atoms with Crippen LogP contribution in [0.1, 0.15) is 39.9 Å². The van der Waals surface area contributed by atoms with E-state index >= 15 is 0 Å². The molecule has 0 radical (unpaired) electrons. The third kappa shape index (κ3) is 5.01. The fourth-order valence-electron chi connectivity index (χ4n) is 2.88. The van der Waals surface area contributed by atoms with Gasteiger partial charge in [-0.2, -0.15) is 0 Å². The number of carbonyl (C=O) groups is 2. The molecule has 0 fully saturated rings. The highest BCUT2D eigenvalue weighted by Crippen LogP contribution is 2.23. The Morgan fingerprint density at radius 2 is 1.66 bits per heavy atom. The minimum Gasteiger partial charge on any atom is -0.488 e. The number of anilines is 2. The van der Waals surface area contributed by atoms with Crippen LogP contribution in [0.25, 0.3) is 0 Å². The fraction of sp³-hybridized carbons (Fsp3) is 0.227. The number of hydrogen-bond acceptors (Lipinski definition) is 5. The number of nitrogens with zero attached hydrogens (tertiary/aromatic N) is 1. The van der Waals surface area contributed by atoms with E-state index in [9.17, 15) is 9.59 Å². The number of ether oxygens (including phenoxy) is 1. The molecule has 7 heteroatoms. The summed E-state index contributed by atoms with van der Waals surface area (Å²) >= 11 is 0. The molecule has 0 aliphatic heterocycles. The van der Waals surface area contributed by atoms with Crippen molar-refractivity contribution in [3.8, 4) is 5.75 Å². The standard InChI is InChI=1S/C22H23N3O4/c1-13-5-10-20(14(2)11-13)28-12-19-15(3)29-25-21(19)22(27)24-18-8-6-17(7-9-18)23-16(4)26/h5-11H,12H2,1-4H3,(H,23,26)(H,24,27). The molecule has 2 aromatic carbocycles. The van der Waals surface area contributed by atoms with E-state index in [1.807, 2.05) is 32.0 Å². The van der Waals surface area contributed by atoms with Gasteiger partial charge in [-0.3, -0.25) is 9.59 Å². The number of aromatic nitrogens is 1. The summed E-state index contributed by atoms with van der Waals surface area (Å²) in [5.74, 6) is 0.721. The van der Waals surface area contributed by atoms with E-state index in [1.165, 1.54) is 6.92 Å². The van der Waals surface area contributed by atoms with Gasteiger partial charge in [0.1, 0.15) is 18.1 Å². The van der Waals surface area contributed by atoms with Crippen molar-refractivity contribution < 1.29 is 18.8 Å². The van der Waals surface area contributed by atoms with Crippen LogP contribution in [0.4, 0.5) is 11.4 Å². The quantitative estimate of drug-likeness (QED) is 0.648. The maximum atomic E-state index is 12.7. The number of benzene rings is 2. The van der Waals surface area contributed by atoms with E-state index in [1.54, 1.807) is 31.2 Å². The van der Waals surface area contributed by atoms with Crippen LogP contribution >= 0.6 is 0 Å². The van der Waals surface area contributed by atoms with E-state index in [4.69, 9.17) is 9.26 Å². The summed E-state index contributed by atoms with van der Waals surface area (Å²) in [6.07, 6.45) is 0. The van der Waals surface area contributed by atoms with Crippen molar-refractivity contribution in [3.05, 3.63) is 70.6 Å². The van der Waals surface area contributed by atoms with Gasteiger partial charge in [0.2, 0.25) is 5.91 Å².